The Balaban J connectivity index is 1.87. The molecule has 4 aliphatic rings. The van der Waals surface area contributed by atoms with Crippen LogP contribution < -0.4 is 0 Å². The lowest BCUT2D eigenvalue weighted by molar-refractivity contribution is -0.228. The van der Waals surface area contributed by atoms with Gasteiger partial charge in [-0.05, 0) is 61.6 Å². The number of hydrogen-bond acceptors (Lipinski definition) is 6. The Morgan fingerprint density at radius 3 is 2.56 bits per heavy atom. The Hall–Kier alpha value is -1.61. The second kappa shape index (κ2) is 8.22. The van der Waals surface area contributed by atoms with E-state index in [2.05, 4.69) is 0 Å². The Morgan fingerprint density at radius 2 is 1.94 bits per heavy atom. The number of alkyl halides is 3. The summed E-state index contributed by atoms with van der Waals surface area (Å²) in [4.78, 5) is 37.8. The topological polar surface area (TPSA) is 80.7 Å². The standard InChI is InChI=1S/C25H31F3O5S/c1-5-20(31)33-25(21(32)34-12-26)13(2)8-15-16-10-18(27)17-9-14(29)6-7-22(17,3)24(16,28)19(30)11-23(15,25)4/h6-7,9,13,15-16,18-19,30H,5,8,10-12H2,1-4H3/t13-,15+,16+,18+,19+,22+,23+,24?,25?/m1/s1. The number of carbonyl (C=O) groups excluding carboxylic acids is 3. The van der Waals surface area contributed by atoms with Crippen LogP contribution >= 0.6 is 11.8 Å². The molecule has 5 nitrogen and oxygen atoms in total. The molecule has 4 rings (SSSR count). The Kier molecular flexibility index (Phi) is 6.16. The predicted molar refractivity (Wildman–Crippen MR) is 121 cm³/mol. The third-order valence-corrected chi connectivity index (χ3v) is 9.90. The molecule has 0 spiro atoms. The Morgan fingerprint density at radius 1 is 1.26 bits per heavy atom. The molecule has 0 radical (unpaired) electrons. The quantitative estimate of drug-likeness (QED) is 0.576. The summed E-state index contributed by atoms with van der Waals surface area (Å²) in [6.45, 7) is 6.45. The van der Waals surface area contributed by atoms with Gasteiger partial charge in [0.15, 0.2) is 17.1 Å². The number of ketones is 1. The summed E-state index contributed by atoms with van der Waals surface area (Å²) < 4.78 is 51.8. The van der Waals surface area contributed by atoms with Crippen LogP contribution in [0, 0.1) is 28.6 Å². The van der Waals surface area contributed by atoms with Crippen molar-refractivity contribution in [3.63, 3.8) is 0 Å². The first kappa shape index (κ1) is 25.5. The summed E-state index contributed by atoms with van der Waals surface area (Å²) >= 11 is 0.396. The van der Waals surface area contributed by atoms with Gasteiger partial charge in [-0.15, -0.1) is 0 Å². The van der Waals surface area contributed by atoms with Crippen molar-refractivity contribution in [1.82, 2.24) is 0 Å². The first-order valence-corrected chi connectivity index (χ1v) is 12.7. The fourth-order valence-electron chi connectivity index (χ4n) is 7.63. The zero-order valence-electron chi connectivity index (χ0n) is 19.8. The molecule has 0 aromatic heterocycles. The minimum absolute atomic E-state index is 0.0141. The van der Waals surface area contributed by atoms with E-state index >= 15 is 8.78 Å². The van der Waals surface area contributed by atoms with E-state index in [4.69, 9.17) is 4.74 Å². The summed E-state index contributed by atoms with van der Waals surface area (Å²) in [6, 6.07) is -1.02. The maximum Gasteiger partial charge on any atom is 0.306 e. The normalized spacial score (nSPS) is 47.4. The number of carbonyl (C=O) groups is 3. The van der Waals surface area contributed by atoms with E-state index < -0.39 is 75.0 Å². The van der Waals surface area contributed by atoms with Crippen LogP contribution in [-0.2, 0) is 19.1 Å². The van der Waals surface area contributed by atoms with Crippen molar-refractivity contribution in [2.45, 2.75) is 76.9 Å². The van der Waals surface area contributed by atoms with Crippen LogP contribution in [-0.4, -0.2) is 51.5 Å². The second-order valence-electron chi connectivity index (χ2n) is 10.6. The van der Waals surface area contributed by atoms with E-state index in [-0.39, 0.29) is 31.3 Å². The van der Waals surface area contributed by atoms with E-state index in [0.29, 0.717) is 11.8 Å². The molecule has 9 atom stereocenters. The molecular formula is C25H31F3O5S. The zero-order valence-corrected chi connectivity index (χ0v) is 20.6. The van der Waals surface area contributed by atoms with Gasteiger partial charge in [0, 0.05) is 29.1 Å². The average Bonchev–Trinajstić information content (AvgIpc) is 2.99. The van der Waals surface area contributed by atoms with Crippen LogP contribution in [0.2, 0.25) is 0 Å². The number of aliphatic hydroxyl groups is 1. The number of halogens is 3. The van der Waals surface area contributed by atoms with Gasteiger partial charge in [-0.3, -0.25) is 14.4 Å². The number of thioether (sulfide) groups is 1. The molecule has 3 saturated carbocycles. The van der Waals surface area contributed by atoms with Gasteiger partial charge in [-0.25, -0.2) is 13.2 Å². The van der Waals surface area contributed by atoms with Gasteiger partial charge >= 0.3 is 5.97 Å². The predicted octanol–water partition coefficient (Wildman–Crippen LogP) is 4.43. The van der Waals surface area contributed by atoms with Crippen molar-refractivity contribution in [2.75, 3.05) is 6.01 Å². The fourth-order valence-corrected chi connectivity index (χ4v) is 8.42. The molecule has 4 aliphatic carbocycles. The summed E-state index contributed by atoms with van der Waals surface area (Å²) in [6.07, 6.45) is 0.160. The Labute approximate surface area is 201 Å². The van der Waals surface area contributed by atoms with Crippen LogP contribution in [0.15, 0.2) is 23.8 Å². The molecule has 0 aromatic carbocycles. The van der Waals surface area contributed by atoms with Gasteiger partial charge in [-0.1, -0.05) is 26.8 Å². The van der Waals surface area contributed by atoms with Crippen molar-refractivity contribution in [3.8, 4) is 0 Å². The van der Waals surface area contributed by atoms with Gasteiger partial charge in [0.2, 0.25) is 5.12 Å². The van der Waals surface area contributed by atoms with E-state index in [1.165, 1.54) is 19.1 Å². The number of allylic oxidation sites excluding steroid dienone is 4. The number of hydrogen-bond donors (Lipinski definition) is 1. The highest BCUT2D eigenvalue weighted by atomic mass is 32.2. The lowest BCUT2D eigenvalue weighted by atomic mass is 9.44. The number of aliphatic hydroxyl groups excluding tert-OH is 1. The molecule has 3 fully saturated rings. The SMILES string of the molecule is CCC(=O)OC1(C(=O)SCF)[C@H](C)C[C@H]2[C@@H]3C[C@H](F)C4=CC(=O)C=C[C@]4(C)C3(F)[C@@H](O)C[C@@]21C. The van der Waals surface area contributed by atoms with E-state index in [1.54, 1.807) is 20.8 Å². The molecule has 1 N–H and O–H groups in total. The molecule has 0 amide bonds. The first-order valence-electron chi connectivity index (χ1n) is 11.7. The zero-order chi connectivity index (χ0) is 25.3. The smallest absolute Gasteiger partial charge is 0.306 e. The summed E-state index contributed by atoms with van der Waals surface area (Å²) in [5.41, 5.74) is -6.84. The minimum Gasteiger partial charge on any atom is -0.449 e. The number of fused-ring (bicyclic) bond motifs is 5. The Bertz CT molecular complexity index is 984. The maximum absolute atomic E-state index is 17.2. The van der Waals surface area contributed by atoms with Gasteiger partial charge in [0.1, 0.15) is 12.2 Å². The van der Waals surface area contributed by atoms with E-state index in [0.717, 1.165) is 6.08 Å². The summed E-state index contributed by atoms with van der Waals surface area (Å²) in [7, 11) is 0. The van der Waals surface area contributed by atoms with E-state index in [1.807, 2.05) is 0 Å². The van der Waals surface area contributed by atoms with Crippen LogP contribution in [0.1, 0.15) is 53.4 Å². The number of esters is 1. The third-order valence-electron chi connectivity index (χ3n) is 9.22. The molecule has 188 valence electrons. The average molecular weight is 501 g/mol. The lowest BCUT2D eigenvalue weighted by Gasteiger charge is -2.63. The summed E-state index contributed by atoms with van der Waals surface area (Å²) in [5.74, 6) is -3.30. The van der Waals surface area contributed by atoms with Crippen LogP contribution in [0.5, 0.6) is 0 Å². The monoisotopic (exact) mass is 500 g/mol. The molecule has 0 bridgehead atoms. The minimum atomic E-state index is -2.30. The van der Waals surface area contributed by atoms with Gasteiger partial charge in [0.25, 0.3) is 0 Å². The highest BCUT2D eigenvalue weighted by Gasteiger charge is 2.78. The van der Waals surface area contributed by atoms with Crippen molar-refractivity contribution in [2.24, 2.45) is 28.6 Å². The van der Waals surface area contributed by atoms with Gasteiger partial charge in [0.05, 0.1) is 6.10 Å². The molecule has 34 heavy (non-hydrogen) atoms. The molecule has 0 saturated heterocycles. The highest BCUT2D eigenvalue weighted by Crippen LogP contribution is 2.72. The molecule has 0 aliphatic heterocycles. The maximum atomic E-state index is 17.2. The van der Waals surface area contributed by atoms with E-state index in [9.17, 15) is 23.9 Å². The van der Waals surface area contributed by atoms with Crippen LogP contribution in [0.3, 0.4) is 0 Å². The molecule has 0 aromatic rings. The first-order chi connectivity index (χ1) is 15.8. The van der Waals surface area contributed by atoms with Crippen LogP contribution in [0.25, 0.3) is 0 Å². The van der Waals surface area contributed by atoms with Crippen molar-refractivity contribution >= 4 is 28.6 Å². The van der Waals surface area contributed by atoms with Gasteiger partial charge in [-0.2, -0.15) is 0 Å². The van der Waals surface area contributed by atoms with Crippen molar-refractivity contribution in [1.29, 1.82) is 0 Å². The molecule has 2 unspecified atom stereocenters. The molecule has 9 heteroatoms. The largest absolute Gasteiger partial charge is 0.449 e. The van der Waals surface area contributed by atoms with Gasteiger partial charge < -0.3 is 9.84 Å². The highest BCUT2D eigenvalue weighted by molar-refractivity contribution is 8.13. The second-order valence-corrected chi connectivity index (χ2v) is 11.5. The van der Waals surface area contributed by atoms with Crippen molar-refractivity contribution in [3.05, 3.63) is 23.8 Å². The number of rotatable bonds is 4. The van der Waals surface area contributed by atoms with Crippen LogP contribution in [0.4, 0.5) is 13.2 Å². The molecule has 0 heterocycles. The number of ether oxygens (including phenoxy) is 1. The third kappa shape index (κ3) is 3.01. The molecular weight excluding hydrogens is 469 g/mol. The lowest BCUT2D eigenvalue weighted by Crippen LogP contribution is -2.70. The fraction of sp³-hybridized carbons (Fsp3) is 0.720. The van der Waals surface area contributed by atoms with Crippen molar-refractivity contribution < 1.29 is 37.4 Å². The summed E-state index contributed by atoms with van der Waals surface area (Å²) in [5, 5.41) is 10.7.